The third-order valence-electron chi connectivity index (χ3n) is 5.10. The highest BCUT2D eigenvalue weighted by Gasteiger charge is 2.21. The van der Waals surface area contributed by atoms with E-state index in [1.807, 2.05) is 6.07 Å². The van der Waals surface area contributed by atoms with Gasteiger partial charge in [0.05, 0.1) is 5.69 Å². The Hall–Kier alpha value is -1.83. The number of nitrogens with zero attached hydrogens (tertiary/aromatic N) is 5. The van der Waals surface area contributed by atoms with Crippen molar-refractivity contribution in [1.82, 2.24) is 19.8 Å². The van der Waals surface area contributed by atoms with E-state index in [0.29, 0.717) is 17.9 Å². The minimum atomic E-state index is 0.292. The molecule has 1 aliphatic heterocycles. The van der Waals surface area contributed by atoms with Crippen molar-refractivity contribution in [3.8, 4) is 5.88 Å². The highest BCUT2D eigenvalue weighted by atomic mass is 16.5. The number of hydrogen-bond donors (Lipinski definition) is 0. The zero-order valence-electron chi connectivity index (χ0n) is 14.2. The van der Waals surface area contributed by atoms with Gasteiger partial charge in [-0.15, -0.1) is 15.3 Å². The summed E-state index contributed by atoms with van der Waals surface area (Å²) >= 11 is 0. The highest BCUT2D eigenvalue weighted by Crippen LogP contribution is 2.28. The summed E-state index contributed by atoms with van der Waals surface area (Å²) in [5.74, 6) is 1.32. The molecule has 1 aliphatic carbocycles. The van der Waals surface area contributed by atoms with Gasteiger partial charge in [-0.2, -0.15) is 4.52 Å². The number of hydrogen-bond acceptors (Lipinski definition) is 6. The van der Waals surface area contributed by atoms with Gasteiger partial charge < -0.3 is 14.3 Å². The maximum Gasteiger partial charge on any atom is 0.234 e. The Morgan fingerprint density at radius 2 is 2.04 bits per heavy atom. The smallest absolute Gasteiger partial charge is 0.234 e. The van der Waals surface area contributed by atoms with Gasteiger partial charge in [0, 0.05) is 25.8 Å². The summed E-state index contributed by atoms with van der Waals surface area (Å²) in [5.41, 5.74) is 1.81. The van der Waals surface area contributed by atoms with Crippen molar-refractivity contribution >= 4 is 19.3 Å². The molecule has 128 valence electrons. The molecule has 1 saturated carbocycles. The van der Waals surface area contributed by atoms with Crippen LogP contribution in [-0.2, 0) is 4.74 Å². The Labute approximate surface area is 142 Å². The first-order valence-corrected chi connectivity index (χ1v) is 8.96. The van der Waals surface area contributed by atoms with Gasteiger partial charge in [-0.25, -0.2) is 0 Å². The van der Waals surface area contributed by atoms with Crippen LogP contribution in [0.3, 0.4) is 0 Å². The van der Waals surface area contributed by atoms with Gasteiger partial charge in [0.2, 0.25) is 13.9 Å². The molecule has 0 amide bonds. The topological polar surface area (TPSA) is 64.8 Å². The molecular weight excluding hydrogens is 305 g/mol. The van der Waals surface area contributed by atoms with Crippen LogP contribution >= 0.6 is 0 Å². The van der Waals surface area contributed by atoms with Crippen LogP contribution in [0.5, 0.6) is 5.88 Å². The molecule has 2 fully saturated rings. The largest absolute Gasteiger partial charge is 0.473 e. The zero-order chi connectivity index (χ0) is 16.4. The minimum Gasteiger partial charge on any atom is -0.473 e. The molecule has 0 aromatic carbocycles. The molecule has 8 heteroatoms. The lowest BCUT2D eigenvalue weighted by Crippen LogP contribution is -2.31. The molecule has 24 heavy (non-hydrogen) atoms. The van der Waals surface area contributed by atoms with Crippen LogP contribution in [0.2, 0.25) is 0 Å². The first-order valence-electron chi connectivity index (χ1n) is 8.96. The Balaban J connectivity index is 1.56. The van der Waals surface area contributed by atoms with E-state index in [9.17, 15) is 0 Å². The lowest BCUT2D eigenvalue weighted by molar-refractivity contribution is 0.0691. The van der Waals surface area contributed by atoms with Crippen LogP contribution in [0.15, 0.2) is 12.4 Å². The Morgan fingerprint density at radius 3 is 2.83 bits per heavy atom. The summed E-state index contributed by atoms with van der Waals surface area (Å²) in [6.45, 7) is 2.72. The van der Waals surface area contributed by atoms with Crippen molar-refractivity contribution in [2.45, 2.75) is 44.6 Å². The molecule has 7 nitrogen and oxygen atoms in total. The molecule has 0 atom stereocenters. The fourth-order valence-corrected chi connectivity index (χ4v) is 3.72. The zero-order valence-corrected chi connectivity index (χ0v) is 14.2. The average Bonchev–Trinajstić information content (AvgIpc) is 3.26. The summed E-state index contributed by atoms with van der Waals surface area (Å²) < 4.78 is 13.3. The van der Waals surface area contributed by atoms with Crippen molar-refractivity contribution in [2.75, 3.05) is 24.6 Å². The number of fused-ring (bicyclic) bond motifs is 1. The van der Waals surface area contributed by atoms with Gasteiger partial charge in [-0.05, 0) is 44.4 Å². The molecule has 0 radical (unpaired) electrons. The second-order valence-electron chi connectivity index (χ2n) is 6.93. The van der Waals surface area contributed by atoms with Crippen LogP contribution in [0.25, 0.3) is 5.65 Å². The van der Waals surface area contributed by atoms with E-state index in [4.69, 9.17) is 9.47 Å². The van der Waals surface area contributed by atoms with E-state index in [-0.39, 0.29) is 0 Å². The average molecular weight is 329 g/mol. The van der Waals surface area contributed by atoms with Crippen molar-refractivity contribution < 1.29 is 9.47 Å². The number of aromatic nitrogens is 4. The Kier molecular flexibility index (Phi) is 4.55. The Bertz CT molecular complexity index is 682. The van der Waals surface area contributed by atoms with Crippen LogP contribution in [-0.4, -0.2) is 53.7 Å². The van der Waals surface area contributed by atoms with Gasteiger partial charge in [-0.3, -0.25) is 0 Å². The van der Waals surface area contributed by atoms with Gasteiger partial charge in [0.15, 0.2) is 5.65 Å². The van der Waals surface area contributed by atoms with Crippen LogP contribution in [0.1, 0.15) is 38.5 Å². The van der Waals surface area contributed by atoms with Crippen molar-refractivity contribution in [3.05, 3.63) is 12.4 Å². The SMILES string of the molecule is BN(CC1CCOCC1)c1cc(OC2CCCC2)nn2cnnc12. The van der Waals surface area contributed by atoms with E-state index in [1.165, 1.54) is 12.8 Å². The fraction of sp³-hybridized carbons (Fsp3) is 0.688. The molecule has 0 spiro atoms. The number of ether oxygens (including phenoxy) is 2. The summed E-state index contributed by atoms with van der Waals surface area (Å²) in [6.07, 6.45) is 8.90. The molecule has 3 heterocycles. The number of anilines is 1. The van der Waals surface area contributed by atoms with Crippen molar-refractivity contribution in [2.24, 2.45) is 5.92 Å². The maximum atomic E-state index is 6.10. The first-order chi connectivity index (χ1) is 11.8. The standard InChI is InChI=1S/C16H24BN5O2/c17-21(10-12-5-7-23-8-6-12)14-9-15(24-13-3-1-2-4-13)20-22-11-18-19-16(14)22/h9,11-13H,1-8,10,17H2. The monoisotopic (exact) mass is 329 g/mol. The highest BCUT2D eigenvalue weighted by molar-refractivity contribution is 6.19. The normalized spacial score (nSPS) is 19.8. The third-order valence-corrected chi connectivity index (χ3v) is 5.10. The molecule has 0 unspecified atom stereocenters. The summed E-state index contributed by atoms with van der Waals surface area (Å²) in [4.78, 5) is 2.25. The lowest BCUT2D eigenvalue weighted by Gasteiger charge is -2.29. The molecule has 0 N–H and O–H groups in total. The maximum absolute atomic E-state index is 6.10. The van der Waals surface area contributed by atoms with Crippen LogP contribution < -0.4 is 9.55 Å². The molecule has 2 aromatic heterocycles. The summed E-state index contributed by atoms with van der Waals surface area (Å²) in [6, 6.07) is 2.02. The van der Waals surface area contributed by atoms with Gasteiger partial charge in [0.1, 0.15) is 12.4 Å². The second-order valence-corrected chi connectivity index (χ2v) is 6.93. The fourth-order valence-electron chi connectivity index (χ4n) is 3.72. The summed E-state index contributed by atoms with van der Waals surface area (Å²) in [7, 11) is 2.11. The van der Waals surface area contributed by atoms with Crippen LogP contribution in [0.4, 0.5) is 5.69 Å². The third kappa shape index (κ3) is 3.33. The summed E-state index contributed by atoms with van der Waals surface area (Å²) in [5, 5.41) is 12.8. The molecular formula is C16H24BN5O2. The lowest BCUT2D eigenvalue weighted by atomic mass is 9.98. The van der Waals surface area contributed by atoms with E-state index < -0.39 is 0 Å². The van der Waals surface area contributed by atoms with Crippen LogP contribution in [0, 0.1) is 5.92 Å². The minimum absolute atomic E-state index is 0.292. The van der Waals surface area contributed by atoms with Crippen molar-refractivity contribution in [1.29, 1.82) is 0 Å². The van der Waals surface area contributed by atoms with Crippen molar-refractivity contribution in [3.63, 3.8) is 0 Å². The van der Waals surface area contributed by atoms with Gasteiger partial charge in [0.25, 0.3) is 0 Å². The quantitative estimate of drug-likeness (QED) is 0.769. The van der Waals surface area contributed by atoms with E-state index in [1.54, 1.807) is 10.8 Å². The predicted molar refractivity (Wildman–Crippen MR) is 93.1 cm³/mol. The van der Waals surface area contributed by atoms with Gasteiger partial charge >= 0.3 is 0 Å². The van der Waals surface area contributed by atoms with E-state index in [2.05, 4.69) is 28.1 Å². The van der Waals surface area contributed by atoms with Gasteiger partial charge in [-0.1, -0.05) is 0 Å². The molecule has 1 saturated heterocycles. The molecule has 2 aromatic rings. The predicted octanol–water partition coefficient (Wildman–Crippen LogP) is 1.23. The molecule has 4 rings (SSSR count). The second kappa shape index (κ2) is 6.97. The Morgan fingerprint density at radius 1 is 1.25 bits per heavy atom. The van der Waals surface area contributed by atoms with E-state index >= 15 is 0 Å². The molecule has 2 aliphatic rings. The first kappa shape index (κ1) is 15.7. The number of rotatable bonds is 5. The molecule has 0 bridgehead atoms. The van der Waals surface area contributed by atoms with E-state index in [0.717, 1.165) is 56.8 Å².